The van der Waals surface area contributed by atoms with E-state index in [1.807, 2.05) is 9.80 Å². The third-order valence-corrected chi connectivity index (χ3v) is 8.11. The molecule has 3 aliphatic rings. The third kappa shape index (κ3) is 6.23. The van der Waals surface area contributed by atoms with Gasteiger partial charge in [-0.05, 0) is 33.7 Å². The lowest BCUT2D eigenvalue weighted by Crippen LogP contribution is -2.64. The first-order chi connectivity index (χ1) is 18.0. The van der Waals surface area contributed by atoms with Crippen LogP contribution in [0.25, 0.3) is 0 Å². The van der Waals surface area contributed by atoms with Crippen LogP contribution in [-0.4, -0.2) is 104 Å². The Labute approximate surface area is 222 Å². The molecule has 0 radical (unpaired) electrons. The summed E-state index contributed by atoms with van der Waals surface area (Å²) in [6, 6.07) is 0. The van der Waals surface area contributed by atoms with E-state index in [2.05, 4.69) is 46.7 Å². The topological polar surface area (TPSA) is 145 Å². The molecule has 1 aromatic heterocycles. The van der Waals surface area contributed by atoms with E-state index in [-0.39, 0.29) is 41.8 Å². The van der Waals surface area contributed by atoms with Crippen molar-refractivity contribution in [1.82, 2.24) is 25.4 Å². The Morgan fingerprint density at radius 3 is 2.39 bits per heavy atom. The number of hydrogen-bond acceptors (Lipinski definition) is 9. The summed E-state index contributed by atoms with van der Waals surface area (Å²) in [5, 5.41) is 8.56. The predicted octanol–water partition coefficient (Wildman–Crippen LogP) is -0.355. The highest BCUT2D eigenvalue weighted by Gasteiger charge is 2.38. The number of aromatic nitrogens is 1. The Kier molecular flexibility index (Phi) is 8.82. The molecule has 38 heavy (non-hydrogen) atoms. The Bertz CT molecular complexity index is 995. The second-order valence-electron chi connectivity index (χ2n) is 11.3. The van der Waals surface area contributed by atoms with Crippen LogP contribution in [0, 0.1) is 17.7 Å². The van der Waals surface area contributed by atoms with Crippen molar-refractivity contribution in [3.05, 3.63) is 18.2 Å². The van der Waals surface area contributed by atoms with Gasteiger partial charge in [-0.1, -0.05) is 0 Å². The quantitative estimate of drug-likeness (QED) is 0.307. The van der Waals surface area contributed by atoms with E-state index >= 15 is 4.39 Å². The van der Waals surface area contributed by atoms with Crippen LogP contribution in [0.2, 0.25) is 0 Å². The van der Waals surface area contributed by atoms with Crippen LogP contribution >= 0.6 is 0 Å². The van der Waals surface area contributed by atoms with Gasteiger partial charge in [0.05, 0.1) is 36.3 Å². The maximum absolute atomic E-state index is 15.1. The summed E-state index contributed by atoms with van der Waals surface area (Å²) in [5.74, 6) is -2.02. The van der Waals surface area contributed by atoms with Gasteiger partial charge >= 0.3 is 0 Å². The molecule has 3 saturated heterocycles. The molecule has 7 N–H and O–H groups in total. The van der Waals surface area contributed by atoms with Gasteiger partial charge in [-0.3, -0.25) is 30.1 Å². The number of carbonyl (C=O) groups excluding carboxylic acids is 2. The lowest BCUT2D eigenvalue weighted by molar-refractivity contribution is -0.140. The summed E-state index contributed by atoms with van der Waals surface area (Å²) in [7, 11) is 2.07. The number of nitrogens with zero attached hydrogens (tertiary/aromatic N) is 4. The molecule has 13 heteroatoms. The van der Waals surface area contributed by atoms with E-state index in [9.17, 15) is 14.0 Å². The summed E-state index contributed by atoms with van der Waals surface area (Å²) in [6.45, 7) is 7.54. The molecule has 0 saturated carbocycles. The summed E-state index contributed by atoms with van der Waals surface area (Å²) in [4.78, 5) is 36.5. The first-order valence-corrected chi connectivity index (χ1v) is 13.3. The number of carbonyl (C=O) groups is 2. The fraction of sp³-hybridized carbons (Fsp3) is 0.720. The third-order valence-electron chi connectivity index (χ3n) is 8.11. The van der Waals surface area contributed by atoms with Crippen LogP contribution in [0.15, 0.2) is 12.4 Å². The molecule has 1 unspecified atom stereocenters. The Morgan fingerprint density at radius 1 is 1.13 bits per heavy atom. The van der Waals surface area contributed by atoms with Gasteiger partial charge in [0.15, 0.2) is 5.82 Å². The van der Waals surface area contributed by atoms with Gasteiger partial charge in [-0.25, -0.2) is 8.78 Å². The molecule has 3 aliphatic heterocycles. The minimum absolute atomic E-state index is 0.0697. The maximum Gasteiger partial charge on any atom is 0.233 e. The van der Waals surface area contributed by atoms with Crippen molar-refractivity contribution in [2.24, 2.45) is 23.3 Å². The van der Waals surface area contributed by atoms with Crippen molar-refractivity contribution in [1.29, 1.82) is 0 Å². The van der Waals surface area contributed by atoms with Gasteiger partial charge in [-0.15, -0.1) is 0 Å². The number of piperazine rings is 1. The number of hydrogen-bond donors (Lipinski definition) is 5. The van der Waals surface area contributed by atoms with E-state index in [1.165, 1.54) is 6.20 Å². The van der Waals surface area contributed by atoms with Crippen molar-refractivity contribution in [3.8, 4) is 0 Å². The minimum atomic E-state index is -1.08. The SMILES string of the molecule is CN1CCN(C(=O)C2CCN(c3c(F)cncc3NC(=O)C(C(N)N)C3NCC(F)CN3)CC2)CC1(C)C. The van der Waals surface area contributed by atoms with Crippen molar-refractivity contribution in [3.63, 3.8) is 0 Å². The second kappa shape index (κ2) is 11.7. The van der Waals surface area contributed by atoms with Crippen molar-refractivity contribution >= 4 is 23.2 Å². The number of likely N-dealkylation sites (N-methyl/N-ethyl adjacent to an activating group) is 1. The molecule has 0 aliphatic carbocycles. The summed E-state index contributed by atoms with van der Waals surface area (Å²) in [6.07, 6.45) is 0.899. The van der Waals surface area contributed by atoms with Gasteiger partial charge in [0, 0.05) is 57.3 Å². The van der Waals surface area contributed by atoms with Crippen LogP contribution in [0.1, 0.15) is 26.7 Å². The number of nitrogens with one attached hydrogen (secondary N) is 3. The summed E-state index contributed by atoms with van der Waals surface area (Å²) >= 11 is 0. The zero-order valence-corrected chi connectivity index (χ0v) is 22.4. The fourth-order valence-electron chi connectivity index (χ4n) is 5.55. The lowest BCUT2D eigenvalue weighted by Gasteiger charge is -2.46. The fourth-order valence-corrected chi connectivity index (χ4v) is 5.55. The number of nitrogens with two attached hydrogens (primary N) is 2. The normalized spacial score (nSPS) is 25.9. The van der Waals surface area contributed by atoms with Gasteiger partial charge < -0.3 is 26.6 Å². The average molecular weight is 538 g/mol. The van der Waals surface area contributed by atoms with Gasteiger partial charge in [0.2, 0.25) is 11.8 Å². The molecule has 3 fully saturated rings. The van der Waals surface area contributed by atoms with Gasteiger partial charge in [0.1, 0.15) is 11.9 Å². The molecule has 4 rings (SSSR count). The molecule has 1 atom stereocenters. The second-order valence-corrected chi connectivity index (χ2v) is 11.3. The number of pyridine rings is 1. The number of anilines is 2. The summed E-state index contributed by atoms with van der Waals surface area (Å²) in [5.41, 5.74) is 12.1. The molecule has 0 aromatic carbocycles. The number of amides is 2. The Hall–Kier alpha value is -2.45. The summed E-state index contributed by atoms with van der Waals surface area (Å²) < 4.78 is 28.6. The van der Waals surface area contributed by atoms with Crippen molar-refractivity contribution in [2.45, 2.75) is 50.7 Å². The van der Waals surface area contributed by atoms with E-state index in [0.29, 0.717) is 39.0 Å². The lowest BCUT2D eigenvalue weighted by atomic mass is 9.92. The highest BCUT2D eigenvalue weighted by molar-refractivity contribution is 5.96. The van der Waals surface area contributed by atoms with E-state index in [4.69, 9.17) is 11.5 Å². The maximum atomic E-state index is 15.1. The first kappa shape index (κ1) is 28.6. The van der Waals surface area contributed by atoms with Gasteiger partial charge in [0.25, 0.3) is 0 Å². The van der Waals surface area contributed by atoms with E-state index in [0.717, 1.165) is 12.7 Å². The standard InChI is InChI=1S/C25H41F2N9O2/c1-25(2)14-36(9-8-34(25)3)24(38)15-4-6-35(7-5-15)20-17(27)12-30-13-18(20)33-23(37)19(21(28)29)22-31-10-16(26)11-32-22/h12-13,15-16,19,21-22,31-32H,4-11,14,28-29H2,1-3H3,(H,33,37). The average Bonchev–Trinajstić information content (AvgIpc) is 2.86. The minimum Gasteiger partial charge on any atom is -0.367 e. The van der Waals surface area contributed by atoms with Crippen LogP contribution in [-0.2, 0) is 9.59 Å². The molecule has 1 aromatic rings. The highest BCUT2D eigenvalue weighted by Crippen LogP contribution is 2.33. The van der Waals surface area contributed by atoms with E-state index in [1.54, 1.807) is 0 Å². The smallest absolute Gasteiger partial charge is 0.233 e. The van der Waals surface area contributed by atoms with Crippen molar-refractivity contribution in [2.75, 3.05) is 63.1 Å². The predicted molar refractivity (Wildman–Crippen MR) is 141 cm³/mol. The largest absolute Gasteiger partial charge is 0.367 e. The van der Waals surface area contributed by atoms with Crippen molar-refractivity contribution < 1.29 is 18.4 Å². The number of alkyl halides is 1. The monoisotopic (exact) mass is 537 g/mol. The van der Waals surface area contributed by atoms with E-state index < -0.39 is 36.1 Å². The number of piperidine rings is 1. The van der Waals surface area contributed by atoms with Crippen LogP contribution < -0.4 is 32.3 Å². The molecule has 4 heterocycles. The number of rotatable bonds is 6. The Balaban J connectivity index is 1.42. The molecule has 11 nitrogen and oxygen atoms in total. The molecule has 212 valence electrons. The molecule has 0 bridgehead atoms. The van der Waals surface area contributed by atoms with Gasteiger partial charge in [-0.2, -0.15) is 0 Å². The number of halogens is 2. The molecular formula is C25H41F2N9O2. The molecule has 2 amide bonds. The van der Waals surface area contributed by atoms with Crippen LogP contribution in [0.4, 0.5) is 20.2 Å². The first-order valence-electron chi connectivity index (χ1n) is 13.3. The Morgan fingerprint density at radius 2 is 1.79 bits per heavy atom. The highest BCUT2D eigenvalue weighted by atomic mass is 19.1. The molecule has 0 spiro atoms. The van der Waals surface area contributed by atoms with Crippen LogP contribution in [0.5, 0.6) is 0 Å². The zero-order chi connectivity index (χ0) is 27.6. The zero-order valence-electron chi connectivity index (χ0n) is 22.4. The molecular weight excluding hydrogens is 496 g/mol. The van der Waals surface area contributed by atoms with Crippen LogP contribution in [0.3, 0.4) is 0 Å².